The monoisotopic (exact) mass is 292 g/mol. The van der Waals surface area contributed by atoms with Crippen LogP contribution in [-0.2, 0) is 9.59 Å². The van der Waals surface area contributed by atoms with E-state index in [1.54, 1.807) is 11.1 Å². The molecular weight excluding hydrogens is 268 g/mol. The Morgan fingerprint density at radius 3 is 2.81 bits per heavy atom. The molecule has 1 amide bonds. The van der Waals surface area contributed by atoms with Crippen molar-refractivity contribution in [2.24, 2.45) is 5.92 Å². The van der Waals surface area contributed by atoms with Crippen LogP contribution in [0.1, 0.15) is 39.0 Å². The van der Waals surface area contributed by atoms with Gasteiger partial charge >= 0.3 is 5.97 Å². The Balaban J connectivity index is 2.10. The van der Waals surface area contributed by atoms with E-state index >= 15 is 0 Å². The number of nitrogens with zero attached hydrogens (tertiary/aromatic N) is 2. The predicted molar refractivity (Wildman–Crippen MR) is 80.4 cm³/mol. The van der Waals surface area contributed by atoms with Crippen LogP contribution in [-0.4, -0.2) is 46.4 Å². The first-order valence-corrected chi connectivity index (χ1v) is 7.66. The smallest absolute Gasteiger partial charge is 0.326 e. The summed E-state index contributed by atoms with van der Waals surface area (Å²) < 4.78 is 0. The molecule has 5 heteroatoms. The lowest BCUT2D eigenvalue weighted by Gasteiger charge is -2.38. The molecule has 2 aliphatic rings. The van der Waals surface area contributed by atoms with E-state index in [1.807, 2.05) is 24.2 Å². The summed E-state index contributed by atoms with van der Waals surface area (Å²) in [6.45, 7) is 2.66. The molecule has 116 valence electrons. The van der Waals surface area contributed by atoms with E-state index in [2.05, 4.69) is 6.92 Å². The van der Waals surface area contributed by atoms with Gasteiger partial charge in [0.15, 0.2) is 0 Å². The van der Waals surface area contributed by atoms with Crippen LogP contribution < -0.4 is 0 Å². The molecule has 0 aliphatic carbocycles. The highest BCUT2D eigenvalue weighted by atomic mass is 16.4. The van der Waals surface area contributed by atoms with Gasteiger partial charge in [-0.3, -0.25) is 4.79 Å². The number of amides is 1. The third-order valence-electron chi connectivity index (χ3n) is 4.27. The lowest BCUT2D eigenvalue weighted by Crippen LogP contribution is -2.50. The molecule has 0 aromatic rings. The second-order valence-corrected chi connectivity index (χ2v) is 5.94. The SMILES string of the molecule is CCCC1CCN(C(=O)C2=CN(C)C=CC2)C(C(=O)O)C1. The molecule has 1 N–H and O–H groups in total. The molecule has 0 spiro atoms. The summed E-state index contributed by atoms with van der Waals surface area (Å²) >= 11 is 0. The van der Waals surface area contributed by atoms with Gasteiger partial charge in [-0.15, -0.1) is 0 Å². The van der Waals surface area contributed by atoms with Crippen molar-refractivity contribution in [3.63, 3.8) is 0 Å². The fourth-order valence-corrected chi connectivity index (χ4v) is 3.20. The van der Waals surface area contributed by atoms with Crippen molar-refractivity contribution in [2.75, 3.05) is 13.6 Å². The Labute approximate surface area is 125 Å². The lowest BCUT2D eigenvalue weighted by atomic mass is 9.87. The maximum atomic E-state index is 12.6. The zero-order chi connectivity index (χ0) is 15.4. The molecule has 1 saturated heterocycles. The van der Waals surface area contributed by atoms with E-state index in [9.17, 15) is 14.7 Å². The highest BCUT2D eigenvalue weighted by molar-refractivity contribution is 5.96. The Morgan fingerprint density at radius 1 is 1.43 bits per heavy atom. The maximum Gasteiger partial charge on any atom is 0.326 e. The first kappa shape index (κ1) is 15.6. The number of carboxylic acid groups (broad SMARTS) is 1. The highest BCUT2D eigenvalue weighted by Gasteiger charge is 2.36. The Bertz CT molecular complexity index is 470. The summed E-state index contributed by atoms with van der Waals surface area (Å²) in [6.07, 6.45) is 9.78. The van der Waals surface area contributed by atoms with Crippen molar-refractivity contribution in [3.8, 4) is 0 Å². The van der Waals surface area contributed by atoms with Crippen LogP contribution in [0.5, 0.6) is 0 Å². The zero-order valence-corrected chi connectivity index (χ0v) is 12.8. The van der Waals surface area contributed by atoms with Crippen LogP contribution >= 0.6 is 0 Å². The Morgan fingerprint density at radius 2 is 2.19 bits per heavy atom. The number of carbonyl (C=O) groups is 2. The second kappa shape index (κ2) is 6.78. The standard InChI is InChI=1S/C16H24N2O3/c1-3-5-12-7-9-18(14(10-12)16(20)21)15(19)13-6-4-8-17(2)11-13/h4,8,11-12,14H,3,5-7,9-10H2,1-2H3,(H,20,21). The number of carbonyl (C=O) groups excluding carboxylic acids is 1. The van der Waals surface area contributed by atoms with Crippen molar-refractivity contribution in [1.29, 1.82) is 0 Å². The molecule has 21 heavy (non-hydrogen) atoms. The maximum absolute atomic E-state index is 12.6. The largest absolute Gasteiger partial charge is 0.480 e. The van der Waals surface area contributed by atoms with Crippen LogP contribution in [0.25, 0.3) is 0 Å². The fourth-order valence-electron chi connectivity index (χ4n) is 3.20. The normalized spacial score (nSPS) is 25.7. The number of likely N-dealkylation sites (tertiary alicyclic amines) is 1. The first-order chi connectivity index (χ1) is 10.0. The third kappa shape index (κ3) is 3.65. The minimum absolute atomic E-state index is 0.131. The van der Waals surface area contributed by atoms with Crippen molar-refractivity contribution < 1.29 is 14.7 Å². The molecule has 1 fully saturated rings. The molecule has 0 radical (unpaired) electrons. The number of rotatable bonds is 4. The number of carboxylic acids is 1. The number of piperidine rings is 1. The molecule has 2 rings (SSSR count). The van der Waals surface area contributed by atoms with Gasteiger partial charge in [-0.2, -0.15) is 0 Å². The number of hydrogen-bond donors (Lipinski definition) is 1. The minimum Gasteiger partial charge on any atom is -0.480 e. The van der Waals surface area contributed by atoms with Gasteiger partial charge in [0.2, 0.25) is 0 Å². The van der Waals surface area contributed by atoms with Crippen molar-refractivity contribution >= 4 is 11.9 Å². The second-order valence-electron chi connectivity index (χ2n) is 5.94. The van der Waals surface area contributed by atoms with Crippen LogP contribution in [0.15, 0.2) is 24.0 Å². The van der Waals surface area contributed by atoms with E-state index in [-0.39, 0.29) is 5.91 Å². The summed E-state index contributed by atoms with van der Waals surface area (Å²) in [5.41, 5.74) is 0.667. The van der Waals surface area contributed by atoms with Gasteiger partial charge < -0.3 is 14.9 Å². The van der Waals surface area contributed by atoms with Crippen LogP contribution in [0.3, 0.4) is 0 Å². The lowest BCUT2D eigenvalue weighted by molar-refractivity contribution is -0.151. The Kier molecular flexibility index (Phi) is 5.04. The molecule has 2 unspecified atom stereocenters. The fraction of sp³-hybridized carbons (Fsp3) is 0.625. The van der Waals surface area contributed by atoms with Crippen molar-refractivity contribution in [2.45, 2.75) is 45.1 Å². The molecule has 5 nitrogen and oxygen atoms in total. The molecule has 2 aliphatic heterocycles. The minimum atomic E-state index is -0.885. The third-order valence-corrected chi connectivity index (χ3v) is 4.27. The first-order valence-electron chi connectivity index (χ1n) is 7.66. The Hall–Kier alpha value is -1.78. The predicted octanol–water partition coefficient (Wildman–Crippen LogP) is 2.21. The topological polar surface area (TPSA) is 60.9 Å². The van der Waals surface area contributed by atoms with Gasteiger partial charge in [0.1, 0.15) is 6.04 Å². The molecule has 2 heterocycles. The van der Waals surface area contributed by atoms with E-state index in [1.165, 1.54) is 0 Å². The molecular formula is C16H24N2O3. The van der Waals surface area contributed by atoms with Gasteiger partial charge in [0.05, 0.1) is 0 Å². The van der Waals surface area contributed by atoms with Crippen molar-refractivity contribution in [1.82, 2.24) is 9.80 Å². The molecule has 0 bridgehead atoms. The summed E-state index contributed by atoms with van der Waals surface area (Å²) in [4.78, 5) is 27.5. The summed E-state index contributed by atoms with van der Waals surface area (Å²) in [5, 5.41) is 9.46. The number of hydrogen-bond acceptors (Lipinski definition) is 3. The number of aliphatic carboxylic acids is 1. The number of allylic oxidation sites excluding steroid dienone is 1. The van der Waals surface area contributed by atoms with Crippen LogP contribution in [0.2, 0.25) is 0 Å². The quantitative estimate of drug-likeness (QED) is 0.863. The van der Waals surface area contributed by atoms with Gasteiger partial charge in [-0.25, -0.2) is 4.79 Å². The van der Waals surface area contributed by atoms with E-state index in [0.717, 1.165) is 19.3 Å². The average molecular weight is 292 g/mol. The molecule has 0 aromatic carbocycles. The average Bonchev–Trinajstić information content (AvgIpc) is 2.46. The molecule has 0 aromatic heterocycles. The van der Waals surface area contributed by atoms with Gasteiger partial charge in [-0.1, -0.05) is 25.8 Å². The van der Waals surface area contributed by atoms with E-state index in [4.69, 9.17) is 0 Å². The summed E-state index contributed by atoms with van der Waals surface area (Å²) in [7, 11) is 1.87. The zero-order valence-electron chi connectivity index (χ0n) is 12.8. The highest BCUT2D eigenvalue weighted by Crippen LogP contribution is 2.28. The molecule has 0 saturated carbocycles. The van der Waals surface area contributed by atoms with Crippen molar-refractivity contribution in [3.05, 3.63) is 24.0 Å². The summed E-state index contributed by atoms with van der Waals surface area (Å²) in [5.74, 6) is -0.596. The summed E-state index contributed by atoms with van der Waals surface area (Å²) in [6, 6.07) is -0.681. The van der Waals surface area contributed by atoms with Gasteiger partial charge in [0.25, 0.3) is 5.91 Å². The van der Waals surface area contributed by atoms with Crippen LogP contribution in [0, 0.1) is 5.92 Å². The molecule has 2 atom stereocenters. The van der Waals surface area contributed by atoms with Crippen LogP contribution in [0.4, 0.5) is 0 Å². The van der Waals surface area contributed by atoms with E-state index < -0.39 is 12.0 Å². The van der Waals surface area contributed by atoms with Gasteiger partial charge in [0, 0.05) is 25.4 Å². The van der Waals surface area contributed by atoms with E-state index in [0.29, 0.717) is 30.9 Å². The van der Waals surface area contributed by atoms with Gasteiger partial charge in [-0.05, 0) is 31.4 Å².